The van der Waals surface area contributed by atoms with Gasteiger partial charge >= 0.3 is 0 Å². The van der Waals surface area contributed by atoms with Crippen LogP contribution in [0.3, 0.4) is 0 Å². The number of aromatic nitrogens is 2. The van der Waals surface area contributed by atoms with E-state index in [2.05, 4.69) is 9.98 Å². The SMILES string of the molecule is CCCN1C(/C=C/c2ccc(-n3cnc(C)c3)c(OC)c2)=NC(=O)CN1c1cc(F)c([Si](C)(C)C)c(F)c1. The number of aliphatic imine (C=N–C) groups is 1. The van der Waals surface area contributed by atoms with Crippen molar-refractivity contribution in [1.29, 1.82) is 0 Å². The first-order valence-corrected chi connectivity index (χ1v) is 16.0. The number of amidine groups is 1. The maximum absolute atomic E-state index is 15.1. The molecule has 2 heterocycles. The van der Waals surface area contributed by atoms with E-state index in [1.54, 1.807) is 29.5 Å². The molecule has 1 aliphatic heterocycles. The molecule has 1 aromatic heterocycles. The standard InChI is InChI=1S/C28H33F2N5O2Si/c1-7-12-34-26(11-9-20-8-10-24(25(13-20)37-3)33-16-19(2)31-18-33)32-27(36)17-35(34)21-14-22(29)28(23(30)15-21)38(4,5)6/h8-11,13-16,18H,7,12,17H2,1-6H3/b11-9+. The smallest absolute Gasteiger partial charge is 0.269 e. The van der Waals surface area contributed by atoms with Crippen LogP contribution in [-0.4, -0.2) is 54.6 Å². The second-order valence-electron chi connectivity index (χ2n) is 10.3. The molecule has 1 aliphatic rings. The number of methoxy groups -OCH3 is 1. The van der Waals surface area contributed by atoms with E-state index in [9.17, 15) is 4.79 Å². The number of benzene rings is 2. The van der Waals surface area contributed by atoms with Gasteiger partial charge in [-0.15, -0.1) is 0 Å². The van der Waals surface area contributed by atoms with Gasteiger partial charge in [-0.25, -0.2) is 13.8 Å². The molecule has 200 valence electrons. The van der Waals surface area contributed by atoms with Crippen molar-refractivity contribution in [1.82, 2.24) is 14.6 Å². The number of nitrogens with zero attached hydrogens (tertiary/aromatic N) is 5. The predicted octanol–water partition coefficient (Wildman–Crippen LogP) is 5.10. The Balaban J connectivity index is 1.66. The fourth-order valence-corrected chi connectivity index (χ4v) is 6.10. The zero-order valence-corrected chi connectivity index (χ0v) is 23.6. The molecular formula is C28H33F2N5O2Si. The number of rotatable bonds is 8. The van der Waals surface area contributed by atoms with Crippen LogP contribution in [0.25, 0.3) is 11.8 Å². The number of hydrogen-bond acceptors (Lipinski definition) is 5. The third-order valence-electron chi connectivity index (χ3n) is 6.21. The minimum Gasteiger partial charge on any atom is -0.495 e. The van der Waals surface area contributed by atoms with Gasteiger partial charge in [0.25, 0.3) is 5.91 Å². The largest absolute Gasteiger partial charge is 0.495 e. The molecule has 0 bridgehead atoms. The number of anilines is 1. The fourth-order valence-electron chi connectivity index (χ4n) is 4.52. The molecule has 4 rings (SSSR count). The van der Waals surface area contributed by atoms with E-state index >= 15 is 8.78 Å². The van der Waals surface area contributed by atoms with Crippen molar-refractivity contribution in [2.45, 2.75) is 39.9 Å². The Bertz CT molecular complexity index is 1390. The quantitative estimate of drug-likeness (QED) is 0.374. The number of hydrazine groups is 1. The summed E-state index contributed by atoms with van der Waals surface area (Å²) in [4.78, 5) is 21.1. The van der Waals surface area contributed by atoms with E-state index in [1.807, 2.05) is 68.5 Å². The lowest BCUT2D eigenvalue weighted by atomic mass is 10.1. The fraction of sp³-hybridized carbons (Fsp3) is 0.321. The zero-order valence-electron chi connectivity index (χ0n) is 22.6. The molecule has 1 amide bonds. The summed E-state index contributed by atoms with van der Waals surface area (Å²) < 4.78 is 37.6. The molecule has 0 atom stereocenters. The van der Waals surface area contributed by atoms with Crippen LogP contribution in [0.4, 0.5) is 14.5 Å². The number of halogens is 2. The van der Waals surface area contributed by atoms with Crippen molar-refractivity contribution >= 4 is 36.8 Å². The Morgan fingerprint density at radius 3 is 2.39 bits per heavy atom. The third kappa shape index (κ3) is 5.70. The van der Waals surface area contributed by atoms with Crippen molar-refractivity contribution in [2.24, 2.45) is 4.99 Å². The van der Waals surface area contributed by atoms with Crippen molar-refractivity contribution in [2.75, 3.05) is 25.2 Å². The molecule has 0 N–H and O–H groups in total. The second kappa shape index (κ2) is 10.9. The molecule has 0 spiro atoms. The van der Waals surface area contributed by atoms with Crippen LogP contribution in [0.1, 0.15) is 24.6 Å². The molecule has 3 aromatic rings. The summed E-state index contributed by atoms with van der Waals surface area (Å²) in [6.45, 7) is 10.0. The molecule has 0 unspecified atom stereocenters. The summed E-state index contributed by atoms with van der Waals surface area (Å²) >= 11 is 0. The highest BCUT2D eigenvalue weighted by Crippen LogP contribution is 2.27. The molecule has 38 heavy (non-hydrogen) atoms. The van der Waals surface area contributed by atoms with E-state index in [4.69, 9.17) is 4.74 Å². The maximum Gasteiger partial charge on any atom is 0.269 e. The van der Waals surface area contributed by atoms with E-state index in [0.29, 0.717) is 18.1 Å². The summed E-state index contributed by atoms with van der Waals surface area (Å²) in [6.07, 6.45) is 7.94. The molecule has 0 saturated carbocycles. The summed E-state index contributed by atoms with van der Waals surface area (Å²) in [5, 5.41) is 3.55. The Morgan fingerprint density at radius 1 is 1.11 bits per heavy atom. The lowest BCUT2D eigenvalue weighted by Gasteiger charge is -2.39. The van der Waals surface area contributed by atoms with E-state index in [-0.39, 0.29) is 17.4 Å². The Morgan fingerprint density at radius 2 is 1.82 bits per heavy atom. The summed E-state index contributed by atoms with van der Waals surface area (Å²) in [5.74, 6) is -0.500. The Kier molecular flexibility index (Phi) is 7.82. The lowest BCUT2D eigenvalue weighted by molar-refractivity contribution is -0.117. The van der Waals surface area contributed by atoms with Gasteiger partial charge in [0.2, 0.25) is 0 Å². The number of carbonyl (C=O) groups is 1. The minimum absolute atomic E-state index is 0.102. The van der Waals surface area contributed by atoms with Crippen molar-refractivity contribution in [3.8, 4) is 11.4 Å². The van der Waals surface area contributed by atoms with Gasteiger partial charge in [-0.1, -0.05) is 38.7 Å². The number of aryl methyl sites for hydroxylation is 1. The summed E-state index contributed by atoms with van der Waals surface area (Å²) in [6, 6.07) is 8.38. The monoisotopic (exact) mass is 537 g/mol. The van der Waals surface area contributed by atoms with Gasteiger partial charge in [0.15, 0.2) is 5.84 Å². The van der Waals surface area contributed by atoms with Crippen LogP contribution in [0.5, 0.6) is 5.75 Å². The van der Waals surface area contributed by atoms with Gasteiger partial charge in [0.05, 0.1) is 38.6 Å². The van der Waals surface area contributed by atoms with E-state index < -0.39 is 25.6 Å². The van der Waals surface area contributed by atoms with Gasteiger partial charge in [0.1, 0.15) is 23.9 Å². The van der Waals surface area contributed by atoms with Crippen LogP contribution in [-0.2, 0) is 4.79 Å². The van der Waals surface area contributed by atoms with Crippen molar-refractivity contribution in [3.05, 3.63) is 71.8 Å². The number of hydrogen-bond donors (Lipinski definition) is 0. The van der Waals surface area contributed by atoms with Gasteiger partial charge in [-0.2, -0.15) is 4.99 Å². The average Bonchev–Trinajstić information content (AvgIpc) is 3.28. The molecular weight excluding hydrogens is 504 g/mol. The third-order valence-corrected chi connectivity index (χ3v) is 8.19. The van der Waals surface area contributed by atoms with Gasteiger partial charge in [-0.05, 0) is 49.2 Å². The summed E-state index contributed by atoms with van der Waals surface area (Å²) in [7, 11) is -0.632. The van der Waals surface area contributed by atoms with Crippen LogP contribution in [0.2, 0.25) is 19.6 Å². The van der Waals surface area contributed by atoms with Gasteiger partial charge < -0.3 is 9.30 Å². The topological polar surface area (TPSA) is 63.0 Å². The van der Waals surface area contributed by atoms with Crippen LogP contribution in [0.15, 0.2) is 53.9 Å². The number of carbonyl (C=O) groups excluding carboxylic acids is 1. The highest BCUT2D eigenvalue weighted by molar-refractivity contribution is 6.88. The number of ether oxygens (including phenoxy) is 1. The molecule has 7 nitrogen and oxygen atoms in total. The second-order valence-corrected chi connectivity index (χ2v) is 15.3. The average molecular weight is 538 g/mol. The lowest BCUT2D eigenvalue weighted by Crippen LogP contribution is -2.52. The Labute approximate surface area is 223 Å². The highest BCUT2D eigenvalue weighted by atomic mass is 28.3. The van der Waals surface area contributed by atoms with Crippen LogP contribution >= 0.6 is 0 Å². The minimum atomic E-state index is -2.24. The van der Waals surface area contributed by atoms with Crippen molar-refractivity contribution in [3.63, 3.8) is 0 Å². The molecule has 0 radical (unpaired) electrons. The van der Waals surface area contributed by atoms with Crippen molar-refractivity contribution < 1.29 is 18.3 Å². The van der Waals surface area contributed by atoms with Gasteiger partial charge in [0, 0.05) is 17.9 Å². The maximum atomic E-state index is 15.1. The first-order valence-electron chi connectivity index (χ1n) is 12.5. The molecule has 0 fully saturated rings. The summed E-state index contributed by atoms with van der Waals surface area (Å²) in [5.41, 5.74) is 2.86. The first kappa shape index (κ1) is 27.2. The molecule has 2 aromatic carbocycles. The van der Waals surface area contributed by atoms with Crippen LogP contribution < -0.4 is 14.9 Å². The molecule has 0 aliphatic carbocycles. The normalized spacial score (nSPS) is 14.4. The zero-order chi connectivity index (χ0) is 27.6. The molecule has 0 saturated heterocycles. The number of amides is 1. The van der Waals surface area contributed by atoms with Crippen LogP contribution in [0, 0.1) is 18.6 Å². The number of imidazole rings is 1. The van der Waals surface area contributed by atoms with Gasteiger partial charge in [-0.3, -0.25) is 14.8 Å². The highest BCUT2D eigenvalue weighted by Gasteiger charge is 2.30. The predicted molar refractivity (Wildman–Crippen MR) is 150 cm³/mol. The Hall–Kier alpha value is -3.79. The van der Waals surface area contributed by atoms with E-state index in [1.165, 1.54) is 12.1 Å². The van der Waals surface area contributed by atoms with E-state index in [0.717, 1.165) is 23.4 Å². The molecule has 10 heteroatoms. The first-order chi connectivity index (χ1) is 18.0.